The van der Waals surface area contributed by atoms with Gasteiger partial charge in [-0.05, 0) is 30.9 Å². The fourth-order valence-corrected chi connectivity index (χ4v) is 3.11. The third kappa shape index (κ3) is 2.72. The van der Waals surface area contributed by atoms with Crippen LogP contribution in [-0.4, -0.2) is 31.7 Å². The number of ether oxygens (including phenoxy) is 1. The number of carbonyl (C=O) groups excluding carboxylic acids is 1. The van der Waals surface area contributed by atoms with Crippen LogP contribution in [0.4, 0.5) is 0 Å². The van der Waals surface area contributed by atoms with E-state index in [0.29, 0.717) is 5.92 Å². The maximum absolute atomic E-state index is 12.5. The molecule has 3 unspecified atom stereocenters. The van der Waals surface area contributed by atoms with Gasteiger partial charge in [-0.3, -0.25) is 4.79 Å². The van der Waals surface area contributed by atoms with Gasteiger partial charge in [0.05, 0.1) is 6.61 Å². The fraction of sp³-hybridized carbons (Fsp3) is 0.562. The van der Waals surface area contributed by atoms with E-state index in [2.05, 4.69) is 29.7 Å². The minimum Gasteiger partial charge on any atom is -0.381 e. The van der Waals surface area contributed by atoms with Crippen LogP contribution in [0.25, 0.3) is 0 Å². The second-order valence-corrected chi connectivity index (χ2v) is 5.76. The highest BCUT2D eigenvalue weighted by Gasteiger charge is 2.29. The lowest BCUT2D eigenvalue weighted by Crippen LogP contribution is -2.46. The zero-order chi connectivity index (χ0) is 13.9. The molecule has 1 fully saturated rings. The lowest BCUT2D eigenvalue weighted by atomic mass is 9.93. The van der Waals surface area contributed by atoms with Crippen molar-refractivity contribution in [1.82, 2.24) is 10.6 Å². The van der Waals surface area contributed by atoms with Crippen molar-refractivity contribution in [3.05, 3.63) is 35.4 Å². The van der Waals surface area contributed by atoms with Crippen molar-refractivity contribution < 1.29 is 9.53 Å². The second-order valence-electron chi connectivity index (χ2n) is 5.76. The summed E-state index contributed by atoms with van der Waals surface area (Å²) < 4.78 is 5.39. The molecule has 4 nitrogen and oxygen atoms in total. The normalized spacial score (nSPS) is 26.9. The number of amides is 1. The van der Waals surface area contributed by atoms with Crippen LogP contribution in [0.1, 0.15) is 30.5 Å². The van der Waals surface area contributed by atoms with Crippen molar-refractivity contribution in [2.75, 3.05) is 19.8 Å². The Morgan fingerprint density at radius 2 is 2.30 bits per heavy atom. The third-order valence-electron chi connectivity index (χ3n) is 4.41. The predicted octanol–water partition coefficient (Wildman–Crippen LogP) is 1.41. The van der Waals surface area contributed by atoms with Crippen LogP contribution < -0.4 is 10.6 Å². The molecule has 108 valence electrons. The van der Waals surface area contributed by atoms with Crippen molar-refractivity contribution in [1.29, 1.82) is 0 Å². The molecule has 20 heavy (non-hydrogen) atoms. The lowest BCUT2D eigenvalue weighted by Gasteiger charge is -2.28. The molecule has 0 radical (unpaired) electrons. The number of hydrogen-bond donors (Lipinski definition) is 2. The van der Waals surface area contributed by atoms with E-state index in [4.69, 9.17) is 4.74 Å². The Kier molecular flexibility index (Phi) is 4.03. The molecular formula is C16H22N2O2. The van der Waals surface area contributed by atoms with Crippen molar-refractivity contribution in [3.8, 4) is 0 Å². The first-order valence-electron chi connectivity index (χ1n) is 7.45. The molecule has 4 heteroatoms. The van der Waals surface area contributed by atoms with Gasteiger partial charge < -0.3 is 15.4 Å². The lowest BCUT2D eigenvalue weighted by molar-refractivity contribution is -0.124. The maximum atomic E-state index is 12.5. The van der Waals surface area contributed by atoms with Crippen molar-refractivity contribution >= 4 is 5.91 Å². The number of nitrogens with one attached hydrogen (secondary N) is 2. The van der Waals surface area contributed by atoms with E-state index in [1.807, 2.05) is 12.1 Å². The summed E-state index contributed by atoms with van der Waals surface area (Å²) >= 11 is 0. The highest BCUT2D eigenvalue weighted by Crippen LogP contribution is 2.23. The molecule has 3 atom stereocenters. The molecule has 0 saturated carbocycles. The number of hydrogen-bond acceptors (Lipinski definition) is 3. The van der Waals surface area contributed by atoms with Crippen LogP contribution in [0.2, 0.25) is 0 Å². The average molecular weight is 274 g/mol. The van der Waals surface area contributed by atoms with E-state index in [-0.39, 0.29) is 18.0 Å². The standard InChI is InChI=1S/C16H22N2O2/c1-11(13-7-9-20-10-13)18-16(19)15-14-5-3-2-4-12(14)6-8-17-15/h2-5,11,13,15,17H,6-10H2,1H3,(H,18,19). The van der Waals surface area contributed by atoms with E-state index in [1.54, 1.807) is 0 Å². The summed E-state index contributed by atoms with van der Waals surface area (Å²) in [5, 5.41) is 6.48. The maximum Gasteiger partial charge on any atom is 0.241 e. The van der Waals surface area contributed by atoms with Crippen LogP contribution in [0.5, 0.6) is 0 Å². The van der Waals surface area contributed by atoms with Crippen LogP contribution in [0.15, 0.2) is 24.3 Å². The number of rotatable bonds is 3. The van der Waals surface area contributed by atoms with Gasteiger partial charge in [-0.25, -0.2) is 0 Å². The quantitative estimate of drug-likeness (QED) is 0.876. The first-order chi connectivity index (χ1) is 9.75. The van der Waals surface area contributed by atoms with Crippen LogP contribution in [-0.2, 0) is 16.0 Å². The van der Waals surface area contributed by atoms with E-state index in [1.165, 1.54) is 5.56 Å². The monoisotopic (exact) mass is 274 g/mol. The van der Waals surface area contributed by atoms with E-state index >= 15 is 0 Å². The zero-order valence-electron chi connectivity index (χ0n) is 11.9. The fourth-order valence-electron chi connectivity index (χ4n) is 3.11. The van der Waals surface area contributed by atoms with Gasteiger partial charge in [0.25, 0.3) is 0 Å². The van der Waals surface area contributed by atoms with Crippen LogP contribution in [0, 0.1) is 5.92 Å². The van der Waals surface area contributed by atoms with Crippen molar-refractivity contribution in [2.24, 2.45) is 5.92 Å². The Bertz CT molecular complexity index is 483. The first kappa shape index (κ1) is 13.6. The Hall–Kier alpha value is -1.39. The highest BCUT2D eigenvalue weighted by molar-refractivity contribution is 5.84. The Morgan fingerprint density at radius 3 is 3.10 bits per heavy atom. The Balaban J connectivity index is 1.68. The van der Waals surface area contributed by atoms with Gasteiger partial charge >= 0.3 is 0 Å². The molecule has 2 heterocycles. The second kappa shape index (κ2) is 5.94. The molecule has 0 aromatic heterocycles. The van der Waals surface area contributed by atoms with Gasteiger partial charge in [0.1, 0.15) is 6.04 Å². The van der Waals surface area contributed by atoms with Crippen molar-refractivity contribution in [3.63, 3.8) is 0 Å². The van der Waals surface area contributed by atoms with Gasteiger partial charge in [-0.1, -0.05) is 24.3 Å². The van der Waals surface area contributed by atoms with E-state index in [9.17, 15) is 4.79 Å². The largest absolute Gasteiger partial charge is 0.381 e. The molecular weight excluding hydrogens is 252 g/mol. The van der Waals surface area contributed by atoms with Gasteiger partial charge in [-0.2, -0.15) is 0 Å². The Morgan fingerprint density at radius 1 is 1.45 bits per heavy atom. The minimum atomic E-state index is -0.218. The molecule has 2 N–H and O–H groups in total. The highest BCUT2D eigenvalue weighted by atomic mass is 16.5. The average Bonchev–Trinajstić information content (AvgIpc) is 3.01. The van der Waals surface area contributed by atoms with E-state index in [0.717, 1.165) is 38.2 Å². The summed E-state index contributed by atoms with van der Waals surface area (Å²) in [6.07, 6.45) is 2.03. The summed E-state index contributed by atoms with van der Waals surface area (Å²) in [6.45, 7) is 4.51. The summed E-state index contributed by atoms with van der Waals surface area (Å²) in [6, 6.07) is 8.16. The van der Waals surface area contributed by atoms with Gasteiger partial charge in [0.2, 0.25) is 5.91 Å². The molecule has 1 aromatic rings. The molecule has 1 saturated heterocycles. The summed E-state index contributed by atoms with van der Waals surface area (Å²) in [4.78, 5) is 12.5. The van der Waals surface area contributed by atoms with Gasteiger partial charge in [-0.15, -0.1) is 0 Å². The summed E-state index contributed by atoms with van der Waals surface area (Å²) in [5.74, 6) is 0.523. The van der Waals surface area contributed by atoms with Gasteiger partial charge in [0, 0.05) is 25.1 Å². The van der Waals surface area contributed by atoms with Gasteiger partial charge in [0.15, 0.2) is 0 Å². The molecule has 1 amide bonds. The topological polar surface area (TPSA) is 50.4 Å². The molecule has 1 aromatic carbocycles. The predicted molar refractivity (Wildman–Crippen MR) is 77.4 cm³/mol. The van der Waals surface area contributed by atoms with Crippen LogP contribution in [0.3, 0.4) is 0 Å². The minimum absolute atomic E-state index is 0.0801. The molecule has 0 aliphatic carbocycles. The van der Waals surface area contributed by atoms with Crippen LogP contribution >= 0.6 is 0 Å². The molecule has 2 aliphatic rings. The third-order valence-corrected chi connectivity index (χ3v) is 4.41. The number of fused-ring (bicyclic) bond motifs is 1. The number of carbonyl (C=O) groups is 1. The molecule has 3 rings (SSSR count). The summed E-state index contributed by atoms with van der Waals surface area (Å²) in [7, 11) is 0. The molecule has 0 spiro atoms. The SMILES string of the molecule is CC(NC(=O)C1NCCc2ccccc21)C1CCOC1. The number of benzene rings is 1. The molecule has 2 aliphatic heterocycles. The Labute approximate surface area is 119 Å². The summed E-state index contributed by atoms with van der Waals surface area (Å²) in [5.41, 5.74) is 2.40. The van der Waals surface area contributed by atoms with E-state index < -0.39 is 0 Å². The van der Waals surface area contributed by atoms with Crippen molar-refractivity contribution in [2.45, 2.75) is 31.8 Å². The molecule has 0 bridgehead atoms. The first-order valence-corrected chi connectivity index (χ1v) is 7.45. The smallest absolute Gasteiger partial charge is 0.241 e. The zero-order valence-corrected chi connectivity index (χ0v) is 11.9.